The van der Waals surface area contributed by atoms with E-state index in [1.165, 1.54) is 0 Å². The Hall–Kier alpha value is -1.00. The zero-order valence-corrected chi connectivity index (χ0v) is 6.55. The fraction of sp³-hybridized carbons (Fsp3) is 0.222. The molecule has 1 aliphatic carbocycles. The van der Waals surface area contributed by atoms with Gasteiger partial charge in [-0.1, -0.05) is 24.3 Å². The molecule has 0 spiro atoms. The Morgan fingerprint density at radius 1 is 1.27 bits per heavy atom. The van der Waals surface area contributed by atoms with Crippen molar-refractivity contribution in [2.45, 2.75) is 11.3 Å². The third-order valence-corrected chi connectivity index (χ3v) is 2.55. The third-order valence-electron chi connectivity index (χ3n) is 2.06. The minimum atomic E-state index is -0.0899. The topological polar surface area (TPSA) is 23.8 Å². The molecule has 0 fully saturated rings. The molecule has 0 bridgehead atoms. The fourth-order valence-corrected chi connectivity index (χ4v) is 1.81. The summed E-state index contributed by atoms with van der Waals surface area (Å²) in [5.74, 6) is -0.0899. The van der Waals surface area contributed by atoms with E-state index in [0.717, 1.165) is 11.1 Å². The molecule has 1 aromatic carbocycles. The summed E-state index contributed by atoms with van der Waals surface area (Å²) in [5, 5.41) is 8.58. The van der Waals surface area contributed by atoms with E-state index < -0.39 is 0 Å². The normalized spacial score (nSPS) is 26.5. The van der Waals surface area contributed by atoms with Crippen LogP contribution in [-0.4, -0.2) is 0 Å². The van der Waals surface area contributed by atoms with Gasteiger partial charge in [-0.25, -0.2) is 0 Å². The summed E-state index contributed by atoms with van der Waals surface area (Å²) in [6, 6.07) is 9.99. The molecule has 0 radical (unpaired) electrons. The number of alkyl halides is 1. The number of fused-ring (bicyclic) bond motifs is 1. The highest BCUT2D eigenvalue weighted by Crippen LogP contribution is 2.48. The number of benzene rings is 1. The first-order valence-electron chi connectivity index (χ1n) is 3.47. The van der Waals surface area contributed by atoms with Crippen LogP contribution in [0.15, 0.2) is 24.3 Å². The average molecular weight is 164 g/mol. The Morgan fingerprint density at radius 2 is 1.91 bits per heavy atom. The minimum absolute atomic E-state index is 0.0869. The molecule has 0 saturated heterocycles. The highest BCUT2D eigenvalue weighted by atomic mass is 35.5. The van der Waals surface area contributed by atoms with Crippen LogP contribution in [0.2, 0.25) is 0 Å². The van der Waals surface area contributed by atoms with Crippen molar-refractivity contribution < 1.29 is 0 Å². The van der Waals surface area contributed by atoms with Crippen molar-refractivity contribution in [1.82, 2.24) is 0 Å². The first kappa shape index (κ1) is 6.69. The smallest absolute Gasteiger partial charge is 0.0920 e. The van der Waals surface area contributed by atoms with Crippen molar-refractivity contribution in [3.05, 3.63) is 35.4 Å². The van der Waals surface area contributed by atoms with Crippen LogP contribution in [0.4, 0.5) is 0 Å². The van der Waals surface area contributed by atoms with Crippen LogP contribution >= 0.6 is 11.6 Å². The zero-order chi connectivity index (χ0) is 7.84. The van der Waals surface area contributed by atoms with Crippen LogP contribution in [0.1, 0.15) is 22.4 Å². The van der Waals surface area contributed by atoms with Crippen molar-refractivity contribution >= 4 is 11.6 Å². The lowest BCUT2D eigenvalue weighted by Gasteiger charge is -2.30. The molecule has 1 aromatic rings. The second-order valence-corrected chi connectivity index (χ2v) is 3.11. The first-order chi connectivity index (χ1) is 5.34. The Balaban J connectivity index is 2.49. The molecule has 2 atom stereocenters. The predicted molar refractivity (Wildman–Crippen MR) is 43.4 cm³/mol. The van der Waals surface area contributed by atoms with Gasteiger partial charge in [0.2, 0.25) is 0 Å². The van der Waals surface area contributed by atoms with Gasteiger partial charge in [0, 0.05) is 0 Å². The Bertz CT molecular complexity index is 327. The Labute approximate surface area is 70.2 Å². The van der Waals surface area contributed by atoms with Crippen LogP contribution in [0.3, 0.4) is 0 Å². The first-order valence-corrected chi connectivity index (χ1v) is 3.90. The Kier molecular flexibility index (Phi) is 1.37. The van der Waals surface area contributed by atoms with Crippen molar-refractivity contribution in [2.24, 2.45) is 0 Å². The molecule has 0 amide bonds. The maximum Gasteiger partial charge on any atom is 0.0920 e. The average Bonchev–Trinajstić information content (AvgIpc) is 2.05. The van der Waals surface area contributed by atoms with Crippen LogP contribution in [0.5, 0.6) is 0 Å². The molecule has 0 N–H and O–H groups in total. The summed E-state index contributed by atoms with van der Waals surface area (Å²) >= 11 is 5.92. The lowest BCUT2D eigenvalue weighted by Crippen LogP contribution is -2.18. The molecule has 2 rings (SSSR count). The van der Waals surface area contributed by atoms with E-state index in [1.54, 1.807) is 0 Å². The van der Waals surface area contributed by atoms with Crippen LogP contribution in [-0.2, 0) is 0 Å². The van der Waals surface area contributed by atoms with E-state index in [-0.39, 0.29) is 11.3 Å². The van der Waals surface area contributed by atoms with Gasteiger partial charge in [0.05, 0.1) is 17.4 Å². The summed E-state index contributed by atoms with van der Waals surface area (Å²) in [6.45, 7) is 0. The molecular formula is C9H6ClN. The standard InChI is InChI=1S/C9H6ClN/c10-9-7-4-2-1-3-6(7)8(9)5-11/h1-4,8-9H. The highest BCUT2D eigenvalue weighted by Gasteiger charge is 2.35. The predicted octanol–water partition coefficient (Wildman–Crippen LogP) is 2.59. The third kappa shape index (κ3) is 0.766. The van der Waals surface area contributed by atoms with Gasteiger partial charge in [-0.2, -0.15) is 5.26 Å². The van der Waals surface area contributed by atoms with Gasteiger partial charge in [-0.15, -0.1) is 11.6 Å². The second-order valence-electron chi connectivity index (χ2n) is 2.64. The van der Waals surface area contributed by atoms with Gasteiger partial charge in [0.15, 0.2) is 0 Å². The van der Waals surface area contributed by atoms with Gasteiger partial charge in [-0.05, 0) is 11.1 Å². The van der Waals surface area contributed by atoms with E-state index in [0.29, 0.717) is 0 Å². The number of nitriles is 1. The maximum atomic E-state index is 8.67. The van der Waals surface area contributed by atoms with Crippen LogP contribution in [0.25, 0.3) is 0 Å². The molecule has 2 heteroatoms. The van der Waals surface area contributed by atoms with Crippen LogP contribution < -0.4 is 0 Å². The molecule has 54 valence electrons. The monoisotopic (exact) mass is 163 g/mol. The maximum absolute atomic E-state index is 8.67. The largest absolute Gasteiger partial charge is 0.198 e. The second kappa shape index (κ2) is 2.25. The summed E-state index contributed by atoms with van der Waals surface area (Å²) in [7, 11) is 0. The lowest BCUT2D eigenvalue weighted by molar-refractivity contribution is 0.714. The van der Waals surface area contributed by atoms with Gasteiger partial charge >= 0.3 is 0 Å². The van der Waals surface area contributed by atoms with E-state index in [2.05, 4.69) is 6.07 Å². The molecule has 0 saturated carbocycles. The van der Waals surface area contributed by atoms with Crippen LogP contribution in [0, 0.1) is 11.3 Å². The van der Waals surface area contributed by atoms with E-state index >= 15 is 0 Å². The summed E-state index contributed by atoms with van der Waals surface area (Å²) < 4.78 is 0. The molecule has 0 heterocycles. The number of hydrogen-bond donors (Lipinski definition) is 0. The van der Waals surface area contributed by atoms with Crippen molar-refractivity contribution in [1.29, 1.82) is 5.26 Å². The van der Waals surface area contributed by atoms with Gasteiger partial charge in [0.25, 0.3) is 0 Å². The number of rotatable bonds is 0. The number of nitrogens with zero attached hydrogens (tertiary/aromatic N) is 1. The molecule has 1 aliphatic rings. The lowest BCUT2D eigenvalue weighted by atomic mass is 9.78. The minimum Gasteiger partial charge on any atom is -0.198 e. The molecule has 2 unspecified atom stereocenters. The molecular weight excluding hydrogens is 158 g/mol. The molecule has 0 aromatic heterocycles. The highest BCUT2D eigenvalue weighted by molar-refractivity contribution is 6.23. The molecule has 11 heavy (non-hydrogen) atoms. The van der Waals surface area contributed by atoms with Gasteiger partial charge in [0.1, 0.15) is 0 Å². The quantitative estimate of drug-likeness (QED) is 0.540. The molecule has 1 nitrogen and oxygen atoms in total. The summed E-state index contributed by atoms with van der Waals surface area (Å²) in [6.07, 6.45) is 0. The summed E-state index contributed by atoms with van der Waals surface area (Å²) in [4.78, 5) is 0. The van der Waals surface area contributed by atoms with Crippen molar-refractivity contribution in [2.75, 3.05) is 0 Å². The molecule has 0 aliphatic heterocycles. The van der Waals surface area contributed by atoms with E-state index in [1.807, 2.05) is 24.3 Å². The summed E-state index contributed by atoms with van der Waals surface area (Å²) in [5.41, 5.74) is 2.20. The van der Waals surface area contributed by atoms with Gasteiger partial charge < -0.3 is 0 Å². The zero-order valence-electron chi connectivity index (χ0n) is 5.79. The fourth-order valence-electron chi connectivity index (χ4n) is 1.42. The van der Waals surface area contributed by atoms with E-state index in [9.17, 15) is 0 Å². The SMILES string of the molecule is N#CC1c2ccccc2C1Cl. The van der Waals surface area contributed by atoms with Crippen molar-refractivity contribution in [3.63, 3.8) is 0 Å². The van der Waals surface area contributed by atoms with Crippen molar-refractivity contribution in [3.8, 4) is 6.07 Å². The van der Waals surface area contributed by atoms with E-state index in [4.69, 9.17) is 16.9 Å². The number of hydrogen-bond acceptors (Lipinski definition) is 1. The number of halogens is 1. The Morgan fingerprint density at radius 3 is 2.55 bits per heavy atom. The van der Waals surface area contributed by atoms with Gasteiger partial charge in [-0.3, -0.25) is 0 Å².